The van der Waals surface area contributed by atoms with Crippen LogP contribution in [0.5, 0.6) is 0 Å². The van der Waals surface area contributed by atoms with Crippen LogP contribution in [0.1, 0.15) is 76.3 Å². The minimum absolute atomic E-state index is 0.193. The number of rotatable bonds is 3. The fourth-order valence-electron chi connectivity index (χ4n) is 4.48. The standard InChI is InChI=1S/C20H29Cl/c1-14-11-12-18(19(21)13-14)20(2,3)17-10-5-4-9-16(17)15-7-6-8-15/h4-5,9-10,14-15,18-19H,6-8,11-13H2,1-3H3. The predicted molar refractivity (Wildman–Crippen MR) is 92.2 cm³/mol. The molecule has 0 nitrogen and oxygen atoms in total. The fraction of sp³-hybridized carbons (Fsp3) is 0.700. The molecule has 0 aliphatic heterocycles. The Labute approximate surface area is 135 Å². The molecule has 0 aromatic heterocycles. The van der Waals surface area contributed by atoms with Crippen molar-refractivity contribution in [2.24, 2.45) is 11.8 Å². The lowest BCUT2D eigenvalue weighted by Crippen LogP contribution is -2.39. The molecule has 2 fully saturated rings. The van der Waals surface area contributed by atoms with E-state index in [4.69, 9.17) is 11.6 Å². The molecule has 21 heavy (non-hydrogen) atoms. The summed E-state index contributed by atoms with van der Waals surface area (Å²) in [5, 5.41) is 0.332. The second kappa shape index (κ2) is 5.95. The van der Waals surface area contributed by atoms with Gasteiger partial charge < -0.3 is 0 Å². The van der Waals surface area contributed by atoms with Crippen molar-refractivity contribution in [3.63, 3.8) is 0 Å². The van der Waals surface area contributed by atoms with Crippen molar-refractivity contribution in [2.45, 2.75) is 76.0 Å². The summed E-state index contributed by atoms with van der Waals surface area (Å²) in [6.45, 7) is 7.21. The zero-order valence-electron chi connectivity index (χ0n) is 13.7. The molecule has 1 aromatic carbocycles. The highest BCUT2D eigenvalue weighted by molar-refractivity contribution is 6.20. The van der Waals surface area contributed by atoms with Crippen LogP contribution in [-0.4, -0.2) is 5.38 Å². The van der Waals surface area contributed by atoms with Crippen LogP contribution in [0.2, 0.25) is 0 Å². The van der Waals surface area contributed by atoms with Gasteiger partial charge in [-0.2, -0.15) is 0 Å². The molecule has 1 heteroatoms. The summed E-state index contributed by atoms with van der Waals surface area (Å²) in [5.41, 5.74) is 3.37. The Morgan fingerprint density at radius 3 is 2.38 bits per heavy atom. The van der Waals surface area contributed by atoms with Gasteiger partial charge in [-0.15, -0.1) is 11.6 Å². The van der Waals surface area contributed by atoms with Crippen molar-refractivity contribution in [1.29, 1.82) is 0 Å². The van der Waals surface area contributed by atoms with Gasteiger partial charge in [0.2, 0.25) is 0 Å². The summed E-state index contributed by atoms with van der Waals surface area (Å²) in [6.07, 6.45) is 7.95. The molecule has 2 aliphatic rings. The lowest BCUT2D eigenvalue weighted by Gasteiger charge is -2.44. The van der Waals surface area contributed by atoms with Crippen molar-refractivity contribution in [2.75, 3.05) is 0 Å². The monoisotopic (exact) mass is 304 g/mol. The molecule has 0 heterocycles. The van der Waals surface area contributed by atoms with Crippen LogP contribution in [0.15, 0.2) is 24.3 Å². The van der Waals surface area contributed by atoms with Gasteiger partial charge in [-0.25, -0.2) is 0 Å². The van der Waals surface area contributed by atoms with Crippen LogP contribution < -0.4 is 0 Å². The largest absolute Gasteiger partial charge is 0.123 e. The normalized spacial score (nSPS) is 31.0. The lowest BCUT2D eigenvalue weighted by atomic mass is 9.63. The molecule has 1 aromatic rings. The second-order valence-electron chi connectivity index (χ2n) is 7.98. The van der Waals surface area contributed by atoms with E-state index in [1.165, 1.54) is 38.5 Å². The number of halogens is 1. The Balaban J connectivity index is 1.90. The maximum Gasteiger partial charge on any atom is 0.0375 e. The molecule has 3 atom stereocenters. The fourth-order valence-corrected chi connectivity index (χ4v) is 5.23. The molecule has 0 radical (unpaired) electrons. The van der Waals surface area contributed by atoms with Crippen molar-refractivity contribution >= 4 is 11.6 Å². The van der Waals surface area contributed by atoms with Crippen LogP contribution in [0.4, 0.5) is 0 Å². The second-order valence-corrected chi connectivity index (χ2v) is 8.54. The van der Waals surface area contributed by atoms with Gasteiger partial charge in [0.05, 0.1) is 0 Å². The van der Waals surface area contributed by atoms with Crippen LogP contribution >= 0.6 is 11.6 Å². The Morgan fingerprint density at radius 1 is 1.05 bits per heavy atom. The first-order valence-corrected chi connectivity index (χ1v) is 9.17. The van der Waals surface area contributed by atoms with Gasteiger partial charge in [-0.1, -0.05) is 57.9 Å². The quantitative estimate of drug-likeness (QED) is 0.577. The molecule has 0 saturated heterocycles. The third-order valence-electron chi connectivity index (χ3n) is 6.16. The zero-order chi connectivity index (χ0) is 15.0. The average Bonchev–Trinajstić information content (AvgIpc) is 2.36. The van der Waals surface area contributed by atoms with Crippen molar-refractivity contribution in [3.05, 3.63) is 35.4 Å². The highest BCUT2D eigenvalue weighted by Crippen LogP contribution is 2.48. The number of hydrogen-bond donors (Lipinski definition) is 0. The summed E-state index contributed by atoms with van der Waals surface area (Å²) in [6, 6.07) is 9.17. The third-order valence-corrected chi connectivity index (χ3v) is 6.64. The molecule has 2 aliphatic carbocycles. The molecule has 3 unspecified atom stereocenters. The topological polar surface area (TPSA) is 0 Å². The zero-order valence-corrected chi connectivity index (χ0v) is 14.5. The van der Waals surface area contributed by atoms with E-state index in [1.807, 2.05) is 0 Å². The van der Waals surface area contributed by atoms with E-state index in [1.54, 1.807) is 11.1 Å². The Morgan fingerprint density at radius 2 is 1.76 bits per heavy atom. The van der Waals surface area contributed by atoms with Crippen molar-refractivity contribution < 1.29 is 0 Å². The number of alkyl halides is 1. The van der Waals surface area contributed by atoms with Crippen LogP contribution in [0, 0.1) is 11.8 Å². The molecular formula is C20H29Cl. The van der Waals surface area contributed by atoms with Gasteiger partial charge in [0.25, 0.3) is 0 Å². The smallest absolute Gasteiger partial charge is 0.0375 e. The highest BCUT2D eigenvalue weighted by Gasteiger charge is 2.41. The first-order valence-electron chi connectivity index (χ1n) is 8.73. The molecule has 0 amide bonds. The van der Waals surface area contributed by atoms with Gasteiger partial charge in [0.15, 0.2) is 0 Å². The summed E-state index contributed by atoms with van der Waals surface area (Å²) in [5.74, 6) is 2.20. The first kappa shape index (κ1) is 15.4. The molecule has 0 bridgehead atoms. The summed E-state index contributed by atoms with van der Waals surface area (Å²) >= 11 is 6.79. The van der Waals surface area contributed by atoms with E-state index < -0.39 is 0 Å². The maximum absolute atomic E-state index is 6.79. The Kier molecular flexibility index (Phi) is 4.37. The molecule has 3 rings (SSSR count). The van der Waals surface area contributed by atoms with Crippen LogP contribution in [0.25, 0.3) is 0 Å². The molecule has 116 valence electrons. The van der Waals surface area contributed by atoms with Crippen LogP contribution in [-0.2, 0) is 5.41 Å². The summed E-state index contributed by atoms with van der Waals surface area (Å²) < 4.78 is 0. The Hall–Kier alpha value is -0.490. The molecule has 2 saturated carbocycles. The first-order chi connectivity index (χ1) is 10.00. The van der Waals surface area contributed by atoms with Crippen molar-refractivity contribution in [3.8, 4) is 0 Å². The van der Waals surface area contributed by atoms with E-state index in [0.29, 0.717) is 11.3 Å². The van der Waals surface area contributed by atoms with E-state index >= 15 is 0 Å². The van der Waals surface area contributed by atoms with E-state index in [2.05, 4.69) is 45.0 Å². The third kappa shape index (κ3) is 2.89. The SMILES string of the molecule is CC1CCC(C(C)(C)c2ccccc2C2CCC2)C(Cl)C1. The van der Waals surface area contributed by atoms with Gasteiger partial charge in [-0.05, 0) is 60.0 Å². The number of hydrogen-bond acceptors (Lipinski definition) is 0. The van der Waals surface area contributed by atoms with E-state index in [0.717, 1.165) is 11.8 Å². The minimum atomic E-state index is 0.193. The van der Waals surface area contributed by atoms with E-state index in [-0.39, 0.29) is 5.41 Å². The van der Waals surface area contributed by atoms with Gasteiger partial charge in [0, 0.05) is 5.38 Å². The molecule has 0 N–H and O–H groups in total. The number of benzene rings is 1. The average molecular weight is 305 g/mol. The maximum atomic E-state index is 6.79. The minimum Gasteiger partial charge on any atom is -0.123 e. The predicted octanol–water partition coefficient (Wildman–Crippen LogP) is 6.28. The van der Waals surface area contributed by atoms with Crippen LogP contribution in [0.3, 0.4) is 0 Å². The van der Waals surface area contributed by atoms with Gasteiger partial charge in [0.1, 0.15) is 0 Å². The molecule has 0 spiro atoms. The molecular weight excluding hydrogens is 276 g/mol. The highest BCUT2D eigenvalue weighted by atomic mass is 35.5. The summed E-state index contributed by atoms with van der Waals surface area (Å²) in [4.78, 5) is 0. The van der Waals surface area contributed by atoms with Crippen molar-refractivity contribution in [1.82, 2.24) is 0 Å². The lowest BCUT2D eigenvalue weighted by molar-refractivity contribution is 0.205. The van der Waals surface area contributed by atoms with E-state index in [9.17, 15) is 0 Å². The van der Waals surface area contributed by atoms with Gasteiger partial charge >= 0.3 is 0 Å². The summed E-state index contributed by atoms with van der Waals surface area (Å²) in [7, 11) is 0. The Bertz CT molecular complexity index is 486. The van der Waals surface area contributed by atoms with Gasteiger partial charge in [-0.3, -0.25) is 0 Å².